The van der Waals surface area contributed by atoms with Crippen molar-refractivity contribution in [2.45, 2.75) is 6.04 Å². The zero-order valence-corrected chi connectivity index (χ0v) is 12.3. The van der Waals surface area contributed by atoms with Crippen LogP contribution >= 0.6 is 15.9 Å². The van der Waals surface area contributed by atoms with E-state index < -0.39 is 17.9 Å². The molecule has 0 bridgehead atoms. The fraction of sp³-hybridized carbons (Fsp3) is 0.154. The maximum absolute atomic E-state index is 12.0. The molecule has 0 aliphatic rings. The summed E-state index contributed by atoms with van der Waals surface area (Å²) in [4.78, 5) is 23.6. The number of aromatic nitrogens is 2. The van der Waals surface area contributed by atoms with E-state index >= 15 is 0 Å². The Balaban J connectivity index is 2.22. The average molecular weight is 337 g/mol. The first-order chi connectivity index (χ1) is 9.47. The van der Waals surface area contributed by atoms with E-state index in [2.05, 4.69) is 26.3 Å². The Hall–Kier alpha value is -2.15. The third-order valence-corrected chi connectivity index (χ3v) is 3.20. The summed E-state index contributed by atoms with van der Waals surface area (Å²) in [5.41, 5.74) is 6.34. The summed E-state index contributed by atoms with van der Waals surface area (Å²) in [5, 5.41) is 6.51. The van der Waals surface area contributed by atoms with Crippen molar-refractivity contribution in [3.05, 3.63) is 52.3 Å². The molecule has 104 valence electrons. The van der Waals surface area contributed by atoms with Crippen LogP contribution in [0.4, 0.5) is 0 Å². The molecule has 20 heavy (non-hydrogen) atoms. The summed E-state index contributed by atoms with van der Waals surface area (Å²) in [6, 6.07) is 6.17. The second-order valence-electron chi connectivity index (χ2n) is 4.27. The molecule has 0 aliphatic carbocycles. The average Bonchev–Trinajstić information content (AvgIpc) is 2.82. The van der Waals surface area contributed by atoms with E-state index in [1.54, 1.807) is 31.4 Å². The molecule has 2 amide bonds. The molecule has 0 saturated carbocycles. The van der Waals surface area contributed by atoms with Gasteiger partial charge in [0, 0.05) is 17.7 Å². The Bertz CT molecular complexity index is 653. The largest absolute Gasteiger partial charge is 0.368 e. The van der Waals surface area contributed by atoms with Crippen LogP contribution in [0.1, 0.15) is 22.0 Å². The molecule has 0 saturated heterocycles. The van der Waals surface area contributed by atoms with Gasteiger partial charge in [-0.2, -0.15) is 5.10 Å². The van der Waals surface area contributed by atoms with Crippen LogP contribution in [0.5, 0.6) is 0 Å². The molecule has 2 rings (SSSR count). The summed E-state index contributed by atoms with van der Waals surface area (Å²) in [5.74, 6) is -1.03. The van der Waals surface area contributed by atoms with Crippen LogP contribution in [0.2, 0.25) is 0 Å². The zero-order valence-electron chi connectivity index (χ0n) is 10.7. The van der Waals surface area contributed by atoms with Crippen LogP contribution in [-0.4, -0.2) is 21.6 Å². The minimum atomic E-state index is -0.889. The molecular weight excluding hydrogens is 324 g/mol. The van der Waals surface area contributed by atoms with Crippen LogP contribution in [0.3, 0.4) is 0 Å². The number of amides is 2. The van der Waals surface area contributed by atoms with Gasteiger partial charge >= 0.3 is 0 Å². The Morgan fingerprint density at radius 3 is 2.75 bits per heavy atom. The number of carbonyl (C=O) groups excluding carboxylic acids is 2. The minimum Gasteiger partial charge on any atom is -0.368 e. The van der Waals surface area contributed by atoms with E-state index in [9.17, 15) is 9.59 Å². The lowest BCUT2D eigenvalue weighted by Crippen LogP contribution is -2.37. The van der Waals surface area contributed by atoms with E-state index in [0.717, 1.165) is 4.47 Å². The molecule has 0 radical (unpaired) electrons. The fourth-order valence-corrected chi connectivity index (χ4v) is 2.17. The van der Waals surface area contributed by atoms with Crippen molar-refractivity contribution in [3.63, 3.8) is 0 Å². The molecule has 6 nitrogen and oxygen atoms in total. The van der Waals surface area contributed by atoms with E-state index in [4.69, 9.17) is 5.73 Å². The van der Waals surface area contributed by atoms with Crippen molar-refractivity contribution in [2.75, 3.05) is 0 Å². The first kappa shape index (κ1) is 14.3. The third-order valence-electron chi connectivity index (χ3n) is 2.71. The highest BCUT2D eigenvalue weighted by atomic mass is 79.9. The highest BCUT2D eigenvalue weighted by Gasteiger charge is 2.21. The number of aryl methyl sites for hydroxylation is 1. The van der Waals surface area contributed by atoms with Gasteiger partial charge in [-0.1, -0.05) is 28.1 Å². The first-order valence-corrected chi connectivity index (χ1v) is 6.61. The molecule has 1 aromatic carbocycles. The number of hydrogen-bond donors (Lipinski definition) is 2. The number of primary amides is 1. The Labute approximate surface area is 124 Å². The zero-order chi connectivity index (χ0) is 14.7. The predicted molar refractivity (Wildman–Crippen MR) is 76.8 cm³/mol. The summed E-state index contributed by atoms with van der Waals surface area (Å²) in [6.07, 6.45) is 2.99. The second-order valence-corrected chi connectivity index (χ2v) is 5.18. The number of rotatable bonds is 4. The van der Waals surface area contributed by atoms with Gasteiger partial charge in [-0.25, -0.2) is 0 Å². The van der Waals surface area contributed by atoms with Gasteiger partial charge in [0.25, 0.3) is 5.91 Å². The minimum absolute atomic E-state index is 0.369. The number of carbonyl (C=O) groups is 2. The summed E-state index contributed by atoms with van der Waals surface area (Å²) in [6.45, 7) is 0. The normalized spacial score (nSPS) is 11.9. The summed E-state index contributed by atoms with van der Waals surface area (Å²) >= 11 is 3.32. The first-order valence-electron chi connectivity index (χ1n) is 5.81. The van der Waals surface area contributed by atoms with Gasteiger partial charge in [-0.3, -0.25) is 14.3 Å². The van der Waals surface area contributed by atoms with Crippen molar-refractivity contribution >= 4 is 27.7 Å². The number of halogens is 1. The molecule has 0 fully saturated rings. The SMILES string of the molecule is Cn1cc(C(=O)NC(C(N)=O)c2cccc(Br)c2)cn1. The van der Waals surface area contributed by atoms with Crippen molar-refractivity contribution in [2.24, 2.45) is 12.8 Å². The van der Waals surface area contributed by atoms with E-state index in [1.165, 1.54) is 10.9 Å². The molecule has 7 heteroatoms. The van der Waals surface area contributed by atoms with E-state index in [-0.39, 0.29) is 0 Å². The van der Waals surface area contributed by atoms with Crippen LogP contribution in [0, 0.1) is 0 Å². The van der Waals surface area contributed by atoms with Crippen molar-refractivity contribution in [1.82, 2.24) is 15.1 Å². The topological polar surface area (TPSA) is 90.0 Å². The lowest BCUT2D eigenvalue weighted by molar-refractivity contribution is -0.120. The fourth-order valence-electron chi connectivity index (χ4n) is 1.76. The molecule has 0 aliphatic heterocycles. The number of nitrogens with zero attached hydrogens (tertiary/aromatic N) is 2. The van der Waals surface area contributed by atoms with Gasteiger partial charge in [0.05, 0.1) is 11.8 Å². The molecule has 3 N–H and O–H groups in total. The highest BCUT2D eigenvalue weighted by Crippen LogP contribution is 2.18. The predicted octanol–water partition coefficient (Wildman–Crippen LogP) is 1.14. The summed E-state index contributed by atoms with van der Waals surface area (Å²) in [7, 11) is 1.71. The Morgan fingerprint density at radius 2 is 2.20 bits per heavy atom. The number of nitrogens with one attached hydrogen (secondary N) is 1. The standard InChI is InChI=1S/C13H13BrN4O2/c1-18-7-9(6-16-18)13(20)17-11(12(15)19)8-3-2-4-10(14)5-8/h2-7,11H,1H3,(H2,15,19)(H,17,20). The van der Waals surface area contributed by atoms with Crippen molar-refractivity contribution < 1.29 is 9.59 Å². The smallest absolute Gasteiger partial charge is 0.255 e. The third kappa shape index (κ3) is 3.24. The molecule has 1 heterocycles. The van der Waals surface area contributed by atoms with Gasteiger partial charge in [-0.05, 0) is 17.7 Å². The van der Waals surface area contributed by atoms with Crippen LogP contribution in [0.25, 0.3) is 0 Å². The van der Waals surface area contributed by atoms with E-state index in [1.807, 2.05) is 6.07 Å². The molecule has 1 atom stereocenters. The Kier molecular flexibility index (Phi) is 4.19. The summed E-state index contributed by atoms with van der Waals surface area (Å²) < 4.78 is 2.31. The van der Waals surface area contributed by atoms with Gasteiger partial charge in [0.15, 0.2) is 0 Å². The van der Waals surface area contributed by atoms with Crippen molar-refractivity contribution in [1.29, 1.82) is 0 Å². The molecule has 1 unspecified atom stereocenters. The monoisotopic (exact) mass is 336 g/mol. The highest BCUT2D eigenvalue weighted by molar-refractivity contribution is 9.10. The molecule has 1 aromatic heterocycles. The van der Waals surface area contributed by atoms with Crippen LogP contribution < -0.4 is 11.1 Å². The maximum atomic E-state index is 12.0. The van der Waals surface area contributed by atoms with Gasteiger partial charge in [-0.15, -0.1) is 0 Å². The Morgan fingerprint density at radius 1 is 1.45 bits per heavy atom. The number of benzene rings is 1. The molecule has 2 aromatic rings. The van der Waals surface area contributed by atoms with E-state index in [0.29, 0.717) is 11.1 Å². The lowest BCUT2D eigenvalue weighted by atomic mass is 10.1. The van der Waals surface area contributed by atoms with Crippen LogP contribution in [0.15, 0.2) is 41.1 Å². The second kappa shape index (κ2) is 5.87. The van der Waals surface area contributed by atoms with Crippen LogP contribution in [-0.2, 0) is 11.8 Å². The van der Waals surface area contributed by atoms with Gasteiger partial charge in [0.2, 0.25) is 5.91 Å². The molecular formula is C13H13BrN4O2. The van der Waals surface area contributed by atoms with Gasteiger partial charge in [0.1, 0.15) is 6.04 Å². The lowest BCUT2D eigenvalue weighted by Gasteiger charge is -2.15. The number of hydrogen-bond acceptors (Lipinski definition) is 3. The quantitative estimate of drug-likeness (QED) is 0.877. The van der Waals surface area contributed by atoms with Crippen molar-refractivity contribution in [3.8, 4) is 0 Å². The molecule has 0 spiro atoms. The maximum Gasteiger partial charge on any atom is 0.255 e. The van der Waals surface area contributed by atoms with Gasteiger partial charge < -0.3 is 11.1 Å². The number of nitrogens with two attached hydrogens (primary N) is 1.